The largest absolute Gasteiger partial charge is 0.417 e. The number of aromatic nitrogens is 6. The summed E-state index contributed by atoms with van der Waals surface area (Å²) < 4.78 is 43.0. The molecular formula is C22H16ClF3N6S. The molecule has 0 unspecified atom stereocenters. The van der Waals surface area contributed by atoms with E-state index >= 15 is 0 Å². The van der Waals surface area contributed by atoms with Gasteiger partial charge in [-0.15, -0.1) is 11.8 Å². The molecule has 4 aromatic heterocycles. The Balaban J connectivity index is 1.77. The van der Waals surface area contributed by atoms with Gasteiger partial charge in [-0.25, -0.2) is 19.5 Å². The van der Waals surface area contributed by atoms with Crippen molar-refractivity contribution in [3.63, 3.8) is 0 Å². The number of halogens is 4. The molecule has 0 radical (unpaired) electrons. The predicted octanol–water partition coefficient (Wildman–Crippen LogP) is 6.13. The number of nitrogens with zero attached hydrogens (tertiary/aromatic N) is 6. The van der Waals surface area contributed by atoms with Crippen LogP contribution in [0.15, 0.2) is 53.8 Å². The molecule has 33 heavy (non-hydrogen) atoms. The normalized spacial score (nSPS) is 12.2. The van der Waals surface area contributed by atoms with Crippen molar-refractivity contribution in [3.8, 4) is 22.6 Å². The van der Waals surface area contributed by atoms with Crippen LogP contribution in [0.4, 0.5) is 13.2 Å². The molecule has 0 spiro atoms. The first-order valence-corrected chi connectivity index (χ1v) is 11.3. The van der Waals surface area contributed by atoms with Gasteiger partial charge in [-0.3, -0.25) is 0 Å². The molecule has 4 heterocycles. The van der Waals surface area contributed by atoms with Crippen molar-refractivity contribution in [2.75, 3.05) is 5.75 Å². The molecule has 0 atom stereocenters. The highest BCUT2D eigenvalue weighted by molar-refractivity contribution is 7.99. The monoisotopic (exact) mass is 488 g/mol. The standard InChI is InChI=1S/C22H16ClF3N6S/c1-3-33-21-17(20-29-15-10-13(22(24,25)26)11-28-18(15)31(20)2)19-27-8-7-16(32(19)30-21)12-5-4-6-14(23)9-12/h4-11H,3H2,1-2H3. The van der Waals surface area contributed by atoms with Crippen LogP contribution in [0.2, 0.25) is 5.02 Å². The van der Waals surface area contributed by atoms with Gasteiger partial charge in [-0.2, -0.15) is 18.3 Å². The first-order chi connectivity index (χ1) is 15.8. The maximum absolute atomic E-state index is 13.2. The van der Waals surface area contributed by atoms with Crippen molar-refractivity contribution in [2.24, 2.45) is 7.05 Å². The molecule has 0 bridgehead atoms. The van der Waals surface area contributed by atoms with E-state index in [2.05, 4.69) is 15.0 Å². The number of thioether (sulfide) groups is 1. The summed E-state index contributed by atoms with van der Waals surface area (Å²) in [5, 5.41) is 6.04. The molecule has 6 nitrogen and oxygen atoms in total. The minimum Gasteiger partial charge on any atom is -0.312 e. The number of hydrogen-bond acceptors (Lipinski definition) is 5. The lowest BCUT2D eigenvalue weighted by Crippen LogP contribution is -2.05. The number of rotatable bonds is 4. The van der Waals surface area contributed by atoms with Crippen LogP contribution in [0.1, 0.15) is 12.5 Å². The van der Waals surface area contributed by atoms with Gasteiger partial charge in [0, 0.05) is 30.0 Å². The average molecular weight is 489 g/mol. The maximum atomic E-state index is 13.2. The van der Waals surface area contributed by atoms with Crippen LogP contribution in [-0.4, -0.2) is 34.9 Å². The van der Waals surface area contributed by atoms with E-state index in [0.717, 1.165) is 29.3 Å². The zero-order valence-electron chi connectivity index (χ0n) is 17.4. The third-order valence-electron chi connectivity index (χ3n) is 5.15. The molecule has 0 aliphatic rings. The van der Waals surface area contributed by atoms with Gasteiger partial charge in [0.15, 0.2) is 11.3 Å². The third kappa shape index (κ3) is 3.72. The summed E-state index contributed by atoms with van der Waals surface area (Å²) in [6.07, 6.45) is -2.01. The lowest BCUT2D eigenvalue weighted by atomic mass is 10.1. The Labute approximate surface area is 195 Å². The fourth-order valence-corrected chi connectivity index (χ4v) is 4.61. The third-order valence-corrected chi connectivity index (χ3v) is 6.23. The summed E-state index contributed by atoms with van der Waals surface area (Å²) in [6.45, 7) is 2.00. The van der Waals surface area contributed by atoms with Crippen molar-refractivity contribution < 1.29 is 13.2 Å². The SMILES string of the molecule is CCSc1nn2c(-c3cccc(Cl)c3)ccnc2c1-c1nc2cc(C(F)(F)F)cnc2n1C. The first-order valence-electron chi connectivity index (χ1n) is 9.94. The fraction of sp³-hybridized carbons (Fsp3) is 0.182. The van der Waals surface area contributed by atoms with Crippen molar-refractivity contribution >= 4 is 40.2 Å². The summed E-state index contributed by atoms with van der Waals surface area (Å²) in [5.74, 6) is 1.18. The lowest BCUT2D eigenvalue weighted by molar-refractivity contribution is -0.137. The molecular weight excluding hydrogens is 473 g/mol. The fourth-order valence-electron chi connectivity index (χ4n) is 3.68. The van der Waals surface area contributed by atoms with Gasteiger partial charge in [0.05, 0.1) is 16.8 Å². The first kappa shape index (κ1) is 21.7. The Morgan fingerprint density at radius 2 is 1.91 bits per heavy atom. The van der Waals surface area contributed by atoms with Gasteiger partial charge < -0.3 is 4.57 Å². The van der Waals surface area contributed by atoms with E-state index in [4.69, 9.17) is 16.7 Å². The van der Waals surface area contributed by atoms with Crippen LogP contribution in [0.5, 0.6) is 0 Å². The number of fused-ring (bicyclic) bond motifs is 2. The Hall–Kier alpha value is -3.11. The molecule has 0 saturated carbocycles. The smallest absolute Gasteiger partial charge is 0.312 e. The maximum Gasteiger partial charge on any atom is 0.417 e. The molecule has 0 fully saturated rings. The molecule has 0 N–H and O–H groups in total. The summed E-state index contributed by atoms with van der Waals surface area (Å²) in [6, 6.07) is 10.2. The van der Waals surface area contributed by atoms with Crippen molar-refractivity contribution in [1.29, 1.82) is 0 Å². The highest BCUT2D eigenvalue weighted by Gasteiger charge is 2.32. The summed E-state index contributed by atoms with van der Waals surface area (Å²) in [4.78, 5) is 13.1. The Kier molecular flexibility index (Phi) is 5.29. The lowest BCUT2D eigenvalue weighted by Gasteiger charge is -2.06. The van der Waals surface area contributed by atoms with E-state index in [1.165, 1.54) is 11.8 Å². The van der Waals surface area contributed by atoms with Gasteiger partial charge in [0.2, 0.25) is 0 Å². The molecule has 0 saturated heterocycles. The summed E-state index contributed by atoms with van der Waals surface area (Å²) >= 11 is 7.69. The molecule has 5 aromatic rings. The van der Waals surface area contributed by atoms with Crippen molar-refractivity contribution in [2.45, 2.75) is 18.1 Å². The van der Waals surface area contributed by atoms with Crippen LogP contribution in [0, 0.1) is 0 Å². The molecule has 1 aromatic carbocycles. The van der Waals surface area contributed by atoms with Crippen molar-refractivity contribution in [1.82, 2.24) is 29.1 Å². The van der Waals surface area contributed by atoms with Crippen LogP contribution < -0.4 is 0 Å². The Morgan fingerprint density at radius 1 is 1.09 bits per heavy atom. The Bertz CT molecular complexity index is 1510. The number of imidazole rings is 1. The molecule has 168 valence electrons. The van der Waals surface area contributed by atoms with Crippen LogP contribution in [0.3, 0.4) is 0 Å². The number of alkyl halides is 3. The number of pyridine rings is 1. The van der Waals surface area contributed by atoms with Crippen LogP contribution in [-0.2, 0) is 13.2 Å². The van der Waals surface area contributed by atoms with E-state index in [-0.39, 0.29) is 5.52 Å². The van der Waals surface area contributed by atoms with Gasteiger partial charge in [-0.1, -0.05) is 30.7 Å². The molecule has 11 heteroatoms. The predicted molar refractivity (Wildman–Crippen MR) is 122 cm³/mol. The second-order valence-corrected chi connectivity index (χ2v) is 8.94. The highest BCUT2D eigenvalue weighted by atomic mass is 35.5. The Morgan fingerprint density at radius 3 is 2.64 bits per heavy atom. The molecule has 0 aliphatic carbocycles. The zero-order valence-corrected chi connectivity index (χ0v) is 19.0. The molecule has 5 rings (SSSR count). The van der Waals surface area contributed by atoms with Gasteiger partial charge in [0.1, 0.15) is 16.4 Å². The van der Waals surface area contributed by atoms with E-state index < -0.39 is 11.7 Å². The topological polar surface area (TPSA) is 60.9 Å². The van der Waals surface area contributed by atoms with Crippen molar-refractivity contribution in [3.05, 3.63) is 59.4 Å². The summed E-state index contributed by atoms with van der Waals surface area (Å²) in [7, 11) is 1.72. The van der Waals surface area contributed by atoms with E-state index in [1.807, 2.05) is 31.2 Å². The van der Waals surface area contributed by atoms with E-state index in [0.29, 0.717) is 32.7 Å². The van der Waals surface area contributed by atoms with Gasteiger partial charge in [0.25, 0.3) is 0 Å². The van der Waals surface area contributed by atoms with Gasteiger partial charge >= 0.3 is 6.18 Å². The minimum absolute atomic E-state index is 0.153. The second-order valence-electron chi connectivity index (χ2n) is 7.25. The number of hydrogen-bond donors (Lipinski definition) is 0. The minimum atomic E-state index is -4.50. The van der Waals surface area contributed by atoms with E-state index in [1.54, 1.807) is 28.4 Å². The van der Waals surface area contributed by atoms with Crippen LogP contribution >= 0.6 is 23.4 Å². The summed E-state index contributed by atoms with van der Waals surface area (Å²) in [5.41, 5.74) is 2.47. The van der Waals surface area contributed by atoms with Gasteiger partial charge in [-0.05, 0) is 30.0 Å². The molecule has 0 aliphatic heterocycles. The number of aryl methyl sites for hydroxylation is 1. The average Bonchev–Trinajstić information content (AvgIpc) is 3.30. The number of benzene rings is 1. The van der Waals surface area contributed by atoms with Crippen LogP contribution in [0.25, 0.3) is 39.5 Å². The van der Waals surface area contributed by atoms with E-state index in [9.17, 15) is 13.2 Å². The highest BCUT2D eigenvalue weighted by Crippen LogP contribution is 2.37. The molecule has 0 amide bonds. The zero-order chi connectivity index (χ0) is 23.3. The second kappa shape index (κ2) is 8.03. The quantitative estimate of drug-likeness (QED) is 0.285.